The third-order valence-corrected chi connectivity index (χ3v) is 20.5. The van der Waals surface area contributed by atoms with Crippen LogP contribution < -0.4 is 0 Å². The van der Waals surface area contributed by atoms with Crippen LogP contribution in [0.5, 0.6) is 0 Å². The van der Waals surface area contributed by atoms with Crippen molar-refractivity contribution in [2.45, 2.75) is 373 Å². The van der Waals surface area contributed by atoms with E-state index in [-0.39, 0.29) is 19.3 Å². The fourth-order valence-corrected chi connectivity index (χ4v) is 13.4. The standard InChI is InChI=1S/C97H162O16P2/c1-4-7-10-13-16-19-22-25-28-31-34-36-38-40-41-42-43-44-45-46-47-48-49-51-53-54-57-59-62-65-68-71-74-77-80-83-95(100)107-86-92(98)87-109-114(103,104)110-88-93(99)89-111-115(105,106)112-91-94(113-97(102)85-82-79-76-73-70-67-64-61-56-33-30-27-24-21-18-15-12-9-6-3)90-108-96(101)84-81-78-75-72-69-66-63-60-58-55-52-50-39-37-35-32-29-26-23-20-17-14-11-8-5-2/h8-9,11-12,16-21,25-30,34-37,40-41,50,52,56,61,67,70,76,79,92-94,98-99H,4-7,10,13-15,22-24,31-33,38-39,42-49,51,53-55,57-60,62-66,68-69,71-75,77-78,80-91H2,1-3H3,(H,103,104)(H,105,106)/b11-8-,12-9-,19-16-,20-17-,21-18-,28-25-,29-26-,30-27-,36-34-,37-35-,41-40-,52-50-,61-56-,70-67-,79-76-. The minimum absolute atomic E-state index is 0.0278. The molecule has 0 aromatic carbocycles. The molecule has 656 valence electrons. The van der Waals surface area contributed by atoms with Crippen molar-refractivity contribution in [2.24, 2.45) is 0 Å². The Hall–Kier alpha value is -5.35. The summed E-state index contributed by atoms with van der Waals surface area (Å²) in [5.74, 6) is -1.68. The van der Waals surface area contributed by atoms with Gasteiger partial charge in [-0.3, -0.25) is 32.5 Å². The van der Waals surface area contributed by atoms with Gasteiger partial charge < -0.3 is 34.2 Å². The number of allylic oxidation sites excluding steroid dienone is 30. The lowest BCUT2D eigenvalue weighted by molar-refractivity contribution is -0.161. The zero-order valence-corrected chi connectivity index (χ0v) is 73.9. The fraction of sp³-hybridized carbons (Fsp3) is 0.660. The predicted molar refractivity (Wildman–Crippen MR) is 481 cm³/mol. The molecule has 0 saturated heterocycles. The average molecular weight is 1650 g/mol. The van der Waals surface area contributed by atoms with E-state index in [1.54, 1.807) is 0 Å². The Labute approximate surface area is 700 Å². The number of ether oxygens (including phenoxy) is 3. The molecule has 0 heterocycles. The number of hydrogen-bond acceptors (Lipinski definition) is 14. The van der Waals surface area contributed by atoms with Crippen LogP contribution in [-0.2, 0) is 55.8 Å². The molecule has 0 aliphatic carbocycles. The Morgan fingerprint density at radius 3 is 0.765 bits per heavy atom. The summed E-state index contributed by atoms with van der Waals surface area (Å²) in [4.78, 5) is 58.9. The molecular formula is C97H162O16P2. The van der Waals surface area contributed by atoms with Gasteiger partial charge in [-0.15, -0.1) is 0 Å². The molecule has 4 N–H and O–H groups in total. The van der Waals surface area contributed by atoms with Crippen molar-refractivity contribution in [3.05, 3.63) is 182 Å². The third kappa shape index (κ3) is 89.3. The largest absolute Gasteiger partial charge is 0.472 e. The molecule has 0 aliphatic rings. The first-order valence-corrected chi connectivity index (χ1v) is 48.1. The molecule has 18 heteroatoms. The molecule has 5 atom stereocenters. The van der Waals surface area contributed by atoms with Gasteiger partial charge in [0.05, 0.1) is 26.4 Å². The van der Waals surface area contributed by atoms with E-state index in [9.17, 15) is 43.5 Å². The van der Waals surface area contributed by atoms with Crippen molar-refractivity contribution < 1.29 is 75.8 Å². The average Bonchev–Trinajstić information content (AvgIpc) is 0.900. The van der Waals surface area contributed by atoms with Gasteiger partial charge in [0.1, 0.15) is 25.4 Å². The van der Waals surface area contributed by atoms with E-state index >= 15 is 0 Å². The van der Waals surface area contributed by atoms with Crippen molar-refractivity contribution in [3.8, 4) is 0 Å². The molecular weight excluding hydrogens is 1480 g/mol. The minimum atomic E-state index is -4.96. The van der Waals surface area contributed by atoms with Gasteiger partial charge in [0.15, 0.2) is 6.10 Å². The molecule has 0 aromatic heterocycles. The smallest absolute Gasteiger partial charge is 0.463 e. The molecule has 0 saturated carbocycles. The summed E-state index contributed by atoms with van der Waals surface area (Å²) in [7, 11) is -9.84. The number of phosphoric acid groups is 2. The van der Waals surface area contributed by atoms with Crippen LogP contribution in [0.2, 0.25) is 0 Å². The monoisotopic (exact) mass is 1650 g/mol. The van der Waals surface area contributed by atoms with Gasteiger partial charge in [0.2, 0.25) is 0 Å². The molecule has 0 amide bonds. The molecule has 16 nitrogen and oxygen atoms in total. The van der Waals surface area contributed by atoms with E-state index in [0.29, 0.717) is 25.7 Å². The van der Waals surface area contributed by atoms with E-state index in [2.05, 4.69) is 185 Å². The summed E-state index contributed by atoms with van der Waals surface area (Å²) >= 11 is 0. The van der Waals surface area contributed by atoms with Gasteiger partial charge in [0.25, 0.3) is 0 Å². The van der Waals surface area contributed by atoms with Gasteiger partial charge in [0, 0.05) is 19.3 Å². The number of carbonyl (C=O) groups is 3. The van der Waals surface area contributed by atoms with Crippen molar-refractivity contribution in [1.29, 1.82) is 0 Å². The van der Waals surface area contributed by atoms with Crippen LogP contribution >= 0.6 is 15.6 Å². The van der Waals surface area contributed by atoms with Crippen LogP contribution in [0.3, 0.4) is 0 Å². The number of aliphatic hydroxyl groups excluding tert-OH is 2. The lowest BCUT2D eigenvalue weighted by atomic mass is 10.0. The van der Waals surface area contributed by atoms with E-state index in [0.717, 1.165) is 135 Å². The molecule has 115 heavy (non-hydrogen) atoms. The van der Waals surface area contributed by atoms with Crippen molar-refractivity contribution in [1.82, 2.24) is 0 Å². The molecule has 0 bridgehead atoms. The first kappa shape index (κ1) is 110. The van der Waals surface area contributed by atoms with Gasteiger partial charge in [-0.1, -0.05) is 370 Å². The Morgan fingerprint density at radius 1 is 0.252 bits per heavy atom. The van der Waals surface area contributed by atoms with Crippen LogP contribution in [0.15, 0.2) is 182 Å². The second kappa shape index (κ2) is 87.9. The highest BCUT2D eigenvalue weighted by Crippen LogP contribution is 2.45. The number of rotatable bonds is 84. The van der Waals surface area contributed by atoms with Crippen LogP contribution in [0.1, 0.15) is 355 Å². The van der Waals surface area contributed by atoms with E-state index in [1.165, 1.54) is 154 Å². The van der Waals surface area contributed by atoms with Crippen molar-refractivity contribution in [2.75, 3.05) is 39.6 Å². The summed E-state index contributed by atoms with van der Waals surface area (Å²) < 4.78 is 61.3. The van der Waals surface area contributed by atoms with Gasteiger partial charge in [-0.2, -0.15) is 0 Å². The minimum Gasteiger partial charge on any atom is -0.463 e. The first-order valence-electron chi connectivity index (χ1n) is 45.1. The highest BCUT2D eigenvalue weighted by Gasteiger charge is 2.29. The SMILES string of the molecule is CC/C=C\C/C=C\C/C=C\C/C=C\C/C=C\C/C=C\CCC(=O)OC(COC(=O)CCCCCCCCCCC/C=C\C/C=C\C/C=C\C/C=C\C/C=C\CC)COP(=O)(O)OCC(O)COP(=O)(O)OCC(O)COC(=O)CCCCCCCCCCCCCCCCCCCCC/C=C\C/C=C\C/C=C\C/C=C\CCCCC. The molecule has 0 spiro atoms. The number of unbranched alkanes of at least 4 members (excludes halogenated alkanes) is 31. The molecule has 0 radical (unpaired) electrons. The van der Waals surface area contributed by atoms with Crippen LogP contribution in [0.4, 0.5) is 0 Å². The quantitative estimate of drug-likeness (QED) is 0.0146. The highest BCUT2D eigenvalue weighted by atomic mass is 31.2. The first-order chi connectivity index (χ1) is 56.2. The Morgan fingerprint density at radius 2 is 0.478 bits per heavy atom. The maximum Gasteiger partial charge on any atom is 0.472 e. The summed E-state index contributed by atoms with van der Waals surface area (Å²) in [6, 6.07) is 0. The molecule has 0 aromatic rings. The van der Waals surface area contributed by atoms with Crippen LogP contribution in [0.25, 0.3) is 0 Å². The molecule has 0 aliphatic heterocycles. The predicted octanol–water partition coefficient (Wildman–Crippen LogP) is 27.7. The van der Waals surface area contributed by atoms with Gasteiger partial charge in [-0.25, -0.2) is 9.13 Å². The van der Waals surface area contributed by atoms with Gasteiger partial charge >= 0.3 is 33.6 Å². The highest BCUT2D eigenvalue weighted by molar-refractivity contribution is 7.47. The summed E-state index contributed by atoms with van der Waals surface area (Å²) in [5, 5.41) is 20.7. The van der Waals surface area contributed by atoms with E-state index in [4.69, 9.17) is 32.3 Å². The Balaban J connectivity index is 4.55. The van der Waals surface area contributed by atoms with E-state index < -0.39 is 91.5 Å². The number of esters is 3. The molecule has 0 rings (SSSR count). The van der Waals surface area contributed by atoms with E-state index in [1.807, 2.05) is 18.2 Å². The second-order valence-electron chi connectivity index (χ2n) is 29.6. The lowest BCUT2D eigenvalue weighted by Gasteiger charge is -2.21. The number of hydrogen-bond donors (Lipinski definition) is 4. The Bertz CT molecular complexity index is 2820. The molecule has 5 unspecified atom stereocenters. The van der Waals surface area contributed by atoms with Crippen LogP contribution in [-0.4, -0.2) is 95.9 Å². The topological polar surface area (TPSA) is 231 Å². The van der Waals surface area contributed by atoms with Gasteiger partial charge in [-0.05, 0) is 148 Å². The van der Waals surface area contributed by atoms with Crippen molar-refractivity contribution in [3.63, 3.8) is 0 Å². The van der Waals surface area contributed by atoms with Crippen molar-refractivity contribution >= 4 is 33.6 Å². The molecule has 0 fully saturated rings. The normalized spacial score (nSPS) is 14.7. The number of carbonyl (C=O) groups excluding carboxylic acids is 3. The number of phosphoric ester groups is 2. The Kier molecular flexibility index (Phi) is 83.9. The summed E-state index contributed by atoms with van der Waals surface area (Å²) in [5.41, 5.74) is 0. The lowest BCUT2D eigenvalue weighted by Crippen LogP contribution is -2.29. The second-order valence-corrected chi connectivity index (χ2v) is 32.5. The fourth-order valence-electron chi connectivity index (χ4n) is 11.8. The maximum absolute atomic E-state index is 13.0. The number of aliphatic hydroxyl groups is 2. The zero-order valence-electron chi connectivity index (χ0n) is 72.1. The maximum atomic E-state index is 13.0. The third-order valence-electron chi connectivity index (χ3n) is 18.6. The van der Waals surface area contributed by atoms with Crippen LogP contribution in [0, 0.1) is 0 Å². The summed E-state index contributed by atoms with van der Waals surface area (Å²) in [6.07, 6.45) is 115. The summed E-state index contributed by atoms with van der Waals surface area (Å²) in [6.45, 7) is 2.35. The zero-order chi connectivity index (χ0) is 83.6.